The van der Waals surface area contributed by atoms with Crippen molar-refractivity contribution in [1.29, 1.82) is 0 Å². The number of nitrogens with two attached hydrogens (primary N) is 1. The van der Waals surface area contributed by atoms with Gasteiger partial charge in [0, 0.05) is 5.56 Å². The second-order valence-corrected chi connectivity index (χ2v) is 9.63. The molecule has 0 bridgehead atoms. The summed E-state index contributed by atoms with van der Waals surface area (Å²) < 4.78 is 18.4. The van der Waals surface area contributed by atoms with Crippen LogP contribution < -0.4 is 20.6 Å². The summed E-state index contributed by atoms with van der Waals surface area (Å²) in [7, 11) is 0. The molecule has 2 heterocycles. The minimum Gasteiger partial charge on any atom is -0.490 e. The van der Waals surface area contributed by atoms with E-state index in [1.54, 1.807) is 18.2 Å². The lowest BCUT2D eigenvalue weighted by molar-refractivity contribution is 0.0947. The zero-order valence-electron chi connectivity index (χ0n) is 22.1. The number of aromatic nitrogens is 5. The van der Waals surface area contributed by atoms with Crippen LogP contribution in [0.2, 0.25) is 0 Å². The van der Waals surface area contributed by atoms with Crippen LogP contribution in [-0.2, 0) is 6.61 Å². The maximum atomic E-state index is 13.3. The molecule has 2 aromatic heterocycles. The van der Waals surface area contributed by atoms with E-state index < -0.39 is 5.91 Å². The maximum absolute atomic E-state index is 13.3. The first kappa shape index (κ1) is 27.5. The summed E-state index contributed by atoms with van der Waals surface area (Å²) in [5.74, 6) is 0.472. The summed E-state index contributed by atoms with van der Waals surface area (Å²) >= 11 is 3.57. The Morgan fingerprint density at radius 2 is 1.90 bits per heavy atom. The van der Waals surface area contributed by atoms with Crippen LogP contribution >= 0.6 is 15.9 Å². The second-order valence-electron chi connectivity index (χ2n) is 8.77. The van der Waals surface area contributed by atoms with Gasteiger partial charge in [0.25, 0.3) is 5.91 Å². The lowest BCUT2D eigenvalue weighted by Gasteiger charge is -2.15. The van der Waals surface area contributed by atoms with Crippen LogP contribution in [0.15, 0.2) is 80.9 Å². The SMILES string of the molecule is CCOc1cc(/C=N/NC(=O)c2c(-c3ccccc3)nnn2-c2nonc2N)cc(Br)c1OCc1ccc(C)cc1. The smallest absolute Gasteiger partial charge is 0.292 e. The first-order valence-electron chi connectivity index (χ1n) is 12.5. The molecule has 12 nitrogen and oxygen atoms in total. The van der Waals surface area contributed by atoms with Gasteiger partial charge in [-0.1, -0.05) is 65.4 Å². The number of hydrogen-bond acceptors (Lipinski definition) is 10. The van der Waals surface area contributed by atoms with Crippen LogP contribution in [-0.4, -0.2) is 44.0 Å². The third-order valence-corrected chi connectivity index (χ3v) is 6.43. The molecule has 0 radical (unpaired) electrons. The van der Waals surface area contributed by atoms with Gasteiger partial charge in [0.05, 0.1) is 17.3 Å². The average molecular weight is 617 g/mol. The first-order chi connectivity index (χ1) is 19.9. The zero-order valence-corrected chi connectivity index (χ0v) is 23.7. The van der Waals surface area contributed by atoms with E-state index in [0.717, 1.165) is 10.2 Å². The maximum Gasteiger partial charge on any atom is 0.292 e. The number of hydrogen-bond donors (Lipinski definition) is 2. The Hall–Kier alpha value is -5.04. The molecule has 0 saturated heterocycles. The van der Waals surface area contributed by atoms with Crippen molar-refractivity contribution in [3.05, 3.63) is 93.6 Å². The number of nitrogen functional groups attached to an aromatic ring is 1. The van der Waals surface area contributed by atoms with Crippen molar-refractivity contribution >= 4 is 33.9 Å². The van der Waals surface area contributed by atoms with Gasteiger partial charge in [0.1, 0.15) is 12.3 Å². The van der Waals surface area contributed by atoms with E-state index in [2.05, 4.69) is 51.7 Å². The number of hydrazone groups is 1. The molecule has 13 heteroatoms. The molecule has 5 aromatic rings. The molecule has 0 atom stereocenters. The molecule has 3 aromatic carbocycles. The molecule has 0 aliphatic heterocycles. The number of halogens is 1. The molecule has 0 unspecified atom stereocenters. The van der Waals surface area contributed by atoms with Gasteiger partial charge in [0.15, 0.2) is 17.2 Å². The van der Waals surface area contributed by atoms with E-state index in [1.807, 2.05) is 62.4 Å². The second kappa shape index (κ2) is 12.4. The molecule has 0 aliphatic rings. The Balaban J connectivity index is 1.38. The highest BCUT2D eigenvalue weighted by Crippen LogP contribution is 2.37. The molecular formula is C28H25BrN8O4. The molecule has 0 aliphatic carbocycles. The van der Waals surface area contributed by atoms with Crippen LogP contribution in [0.1, 0.15) is 34.1 Å². The van der Waals surface area contributed by atoms with Crippen molar-refractivity contribution in [3.63, 3.8) is 0 Å². The van der Waals surface area contributed by atoms with Gasteiger partial charge >= 0.3 is 0 Å². The molecule has 0 saturated carbocycles. The zero-order chi connectivity index (χ0) is 28.8. The van der Waals surface area contributed by atoms with Gasteiger partial charge in [-0.05, 0) is 63.4 Å². The van der Waals surface area contributed by atoms with E-state index >= 15 is 0 Å². The van der Waals surface area contributed by atoms with Gasteiger partial charge in [-0.15, -0.1) is 5.10 Å². The van der Waals surface area contributed by atoms with Crippen molar-refractivity contribution in [2.45, 2.75) is 20.5 Å². The normalized spacial score (nSPS) is 11.1. The fourth-order valence-corrected chi connectivity index (χ4v) is 4.46. The number of anilines is 1. The van der Waals surface area contributed by atoms with Crippen molar-refractivity contribution in [2.75, 3.05) is 12.3 Å². The Labute approximate surface area is 243 Å². The number of carbonyl (C=O) groups is 1. The largest absolute Gasteiger partial charge is 0.490 e. The van der Waals surface area contributed by atoms with E-state index in [1.165, 1.54) is 11.8 Å². The van der Waals surface area contributed by atoms with E-state index in [0.29, 0.717) is 46.0 Å². The quantitative estimate of drug-likeness (QED) is 0.167. The van der Waals surface area contributed by atoms with Crippen molar-refractivity contribution in [3.8, 4) is 28.6 Å². The fraction of sp³-hybridized carbons (Fsp3) is 0.143. The monoisotopic (exact) mass is 616 g/mol. The fourth-order valence-electron chi connectivity index (χ4n) is 3.89. The van der Waals surface area contributed by atoms with Gasteiger partial charge < -0.3 is 15.2 Å². The molecule has 0 spiro atoms. The summed E-state index contributed by atoms with van der Waals surface area (Å²) in [6.45, 7) is 4.73. The topological polar surface area (TPSA) is 156 Å². The minimum atomic E-state index is -0.602. The molecule has 41 heavy (non-hydrogen) atoms. The molecule has 208 valence electrons. The number of aryl methyl sites for hydroxylation is 1. The highest BCUT2D eigenvalue weighted by Gasteiger charge is 2.26. The predicted octanol–water partition coefficient (Wildman–Crippen LogP) is 4.71. The summed E-state index contributed by atoms with van der Waals surface area (Å²) in [4.78, 5) is 13.3. The summed E-state index contributed by atoms with van der Waals surface area (Å²) in [6, 6.07) is 20.8. The third-order valence-electron chi connectivity index (χ3n) is 5.84. The number of amides is 1. The standard InChI is InChI=1S/C28H25BrN8O4/c1-3-39-22-14-19(13-21(29)25(22)40-16-18-11-9-17(2)10-12-18)15-31-33-28(38)24-23(20-7-5-4-6-8-20)32-36-37(24)27-26(30)34-41-35-27/h4-15H,3,16H2,1-2H3,(H2,30,34)(H,33,38)/b31-15+. The van der Waals surface area contributed by atoms with Crippen molar-refractivity contribution in [1.82, 2.24) is 30.7 Å². The number of rotatable bonds is 10. The highest BCUT2D eigenvalue weighted by molar-refractivity contribution is 9.10. The van der Waals surface area contributed by atoms with Crippen LogP contribution in [0, 0.1) is 6.92 Å². The van der Waals surface area contributed by atoms with Crippen LogP contribution in [0.25, 0.3) is 17.1 Å². The van der Waals surface area contributed by atoms with Crippen molar-refractivity contribution in [2.24, 2.45) is 5.10 Å². The van der Waals surface area contributed by atoms with Crippen LogP contribution in [0.4, 0.5) is 5.82 Å². The van der Waals surface area contributed by atoms with E-state index in [-0.39, 0.29) is 17.3 Å². The Morgan fingerprint density at radius 1 is 1.12 bits per heavy atom. The van der Waals surface area contributed by atoms with Gasteiger partial charge in [0.2, 0.25) is 11.6 Å². The molecule has 5 rings (SSSR count). The lowest BCUT2D eigenvalue weighted by Crippen LogP contribution is -2.22. The number of nitrogens with zero attached hydrogens (tertiary/aromatic N) is 6. The average Bonchev–Trinajstić information content (AvgIpc) is 3.60. The lowest BCUT2D eigenvalue weighted by atomic mass is 10.1. The van der Waals surface area contributed by atoms with E-state index in [9.17, 15) is 4.79 Å². The van der Waals surface area contributed by atoms with Crippen LogP contribution in [0.5, 0.6) is 11.5 Å². The summed E-state index contributed by atoms with van der Waals surface area (Å²) in [6.07, 6.45) is 1.48. The highest BCUT2D eigenvalue weighted by atomic mass is 79.9. The van der Waals surface area contributed by atoms with Crippen LogP contribution in [0.3, 0.4) is 0 Å². The number of nitrogens with one attached hydrogen (secondary N) is 1. The van der Waals surface area contributed by atoms with Gasteiger partial charge in [-0.25, -0.2) is 10.1 Å². The first-order valence-corrected chi connectivity index (χ1v) is 13.3. The van der Waals surface area contributed by atoms with Gasteiger partial charge in [-0.2, -0.15) is 9.78 Å². The molecular weight excluding hydrogens is 592 g/mol. The minimum absolute atomic E-state index is 0.0281. The summed E-state index contributed by atoms with van der Waals surface area (Å²) in [5.41, 5.74) is 12.3. The number of carbonyl (C=O) groups excluding carboxylic acids is 1. The predicted molar refractivity (Wildman–Crippen MR) is 155 cm³/mol. The third kappa shape index (κ3) is 6.25. The van der Waals surface area contributed by atoms with Gasteiger partial charge in [-0.3, -0.25) is 4.79 Å². The summed E-state index contributed by atoms with van der Waals surface area (Å²) in [5, 5.41) is 19.7. The Kier molecular flexibility index (Phi) is 8.34. The molecule has 3 N–H and O–H groups in total. The Morgan fingerprint density at radius 3 is 2.61 bits per heavy atom. The Bertz CT molecular complexity index is 1680. The van der Waals surface area contributed by atoms with Crippen molar-refractivity contribution < 1.29 is 18.9 Å². The van der Waals surface area contributed by atoms with E-state index in [4.69, 9.17) is 15.2 Å². The molecule has 0 fully saturated rings. The molecule has 1 amide bonds. The number of ether oxygens (including phenoxy) is 2. The number of benzene rings is 3.